The smallest absolute Gasteiger partial charge is 0.412 e. The van der Waals surface area contributed by atoms with E-state index in [-0.39, 0.29) is 12.4 Å². The number of esters is 1. The first-order valence-electron chi connectivity index (χ1n) is 11.9. The Morgan fingerprint density at radius 3 is 2.54 bits per heavy atom. The Balaban J connectivity index is 1.58. The lowest BCUT2D eigenvalue weighted by Gasteiger charge is -2.15. The molecule has 37 heavy (non-hydrogen) atoms. The van der Waals surface area contributed by atoms with Crippen LogP contribution in [-0.4, -0.2) is 23.8 Å². The number of ether oxygens (including phenoxy) is 2. The monoisotopic (exact) mass is 518 g/mol. The van der Waals surface area contributed by atoms with Crippen molar-refractivity contribution in [3.63, 3.8) is 0 Å². The predicted octanol–water partition coefficient (Wildman–Crippen LogP) is 7.39. The van der Waals surface area contributed by atoms with Gasteiger partial charge in [0.1, 0.15) is 17.5 Å². The maximum absolute atomic E-state index is 12.7. The van der Waals surface area contributed by atoms with Gasteiger partial charge in [-0.3, -0.25) is 10.1 Å². The van der Waals surface area contributed by atoms with Crippen molar-refractivity contribution in [3.8, 4) is 22.5 Å². The summed E-state index contributed by atoms with van der Waals surface area (Å²) in [5.41, 5.74) is 4.96. The van der Waals surface area contributed by atoms with E-state index in [1.165, 1.54) is 0 Å². The molecule has 1 N–H and O–H groups in total. The largest absolute Gasteiger partial charge is 0.466 e. The highest BCUT2D eigenvalue weighted by Crippen LogP contribution is 2.35. The predicted molar refractivity (Wildman–Crippen MR) is 142 cm³/mol. The molecule has 1 atom stereocenters. The lowest BCUT2D eigenvalue weighted by atomic mass is 9.95. The number of rotatable bonds is 8. The third kappa shape index (κ3) is 6.19. The van der Waals surface area contributed by atoms with Crippen LogP contribution in [0.15, 0.2) is 77.3 Å². The van der Waals surface area contributed by atoms with E-state index in [4.69, 9.17) is 25.6 Å². The molecule has 0 spiro atoms. The number of carbonyl (C=O) groups is 2. The van der Waals surface area contributed by atoms with Gasteiger partial charge in [0.2, 0.25) is 0 Å². The minimum absolute atomic E-state index is 0.165. The van der Waals surface area contributed by atoms with Gasteiger partial charge in [0.25, 0.3) is 0 Å². The zero-order valence-corrected chi connectivity index (χ0v) is 21.5. The third-order valence-corrected chi connectivity index (χ3v) is 6.15. The topological polar surface area (TPSA) is 90.7 Å². The molecule has 1 heterocycles. The summed E-state index contributed by atoms with van der Waals surface area (Å²) in [5.74, 6) is 0.109. The Bertz CT molecular complexity index is 1410. The molecule has 8 heteroatoms. The molecule has 0 fully saturated rings. The Morgan fingerprint density at radius 2 is 1.76 bits per heavy atom. The molecule has 3 aromatic carbocycles. The SMILES string of the molecule is CCOC(=O)Cc1ccccc1-c1cccc(-c2onc(C)c2NC(=O)OC(C)c2ccccc2Cl)c1. The summed E-state index contributed by atoms with van der Waals surface area (Å²) in [7, 11) is 0. The Hall–Kier alpha value is -4.10. The number of halogens is 1. The van der Waals surface area contributed by atoms with Crippen molar-refractivity contribution in [2.75, 3.05) is 11.9 Å². The molecule has 190 valence electrons. The van der Waals surface area contributed by atoms with Crippen LogP contribution in [-0.2, 0) is 20.7 Å². The molecule has 1 unspecified atom stereocenters. The van der Waals surface area contributed by atoms with Gasteiger partial charge >= 0.3 is 12.1 Å². The standard InChI is InChI=1S/C29H27ClN2O5/c1-4-35-26(33)17-21-10-5-6-14-24(21)20-11-9-12-22(16-20)28-27(18(2)32-37-28)31-29(34)36-19(3)23-13-7-8-15-25(23)30/h5-16,19H,4,17H2,1-3H3,(H,31,34). The van der Waals surface area contributed by atoms with Crippen LogP contribution < -0.4 is 5.32 Å². The average Bonchev–Trinajstić information content (AvgIpc) is 3.24. The molecule has 0 aliphatic rings. The van der Waals surface area contributed by atoms with Crippen LogP contribution in [0.1, 0.15) is 36.8 Å². The lowest BCUT2D eigenvalue weighted by molar-refractivity contribution is -0.142. The van der Waals surface area contributed by atoms with Crippen molar-refractivity contribution in [1.82, 2.24) is 5.16 Å². The summed E-state index contributed by atoms with van der Waals surface area (Å²) in [6.07, 6.45) is -1.05. The number of anilines is 1. The summed E-state index contributed by atoms with van der Waals surface area (Å²) < 4.78 is 16.3. The molecule has 4 aromatic rings. The van der Waals surface area contributed by atoms with Gasteiger partial charge in [-0.15, -0.1) is 0 Å². The first kappa shape index (κ1) is 26.0. The molecular weight excluding hydrogens is 492 g/mol. The fourth-order valence-electron chi connectivity index (χ4n) is 4.03. The number of nitrogens with one attached hydrogen (secondary N) is 1. The number of amides is 1. The van der Waals surface area contributed by atoms with Gasteiger partial charge in [-0.05, 0) is 49.6 Å². The van der Waals surface area contributed by atoms with E-state index in [2.05, 4.69) is 10.5 Å². The fourth-order valence-corrected chi connectivity index (χ4v) is 4.32. The number of benzene rings is 3. The minimum Gasteiger partial charge on any atom is -0.466 e. The Kier molecular flexibility index (Phi) is 8.25. The summed E-state index contributed by atoms with van der Waals surface area (Å²) in [5, 5.41) is 7.33. The zero-order valence-electron chi connectivity index (χ0n) is 20.8. The summed E-state index contributed by atoms with van der Waals surface area (Å²) in [6.45, 7) is 5.60. The first-order chi connectivity index (χ1) is 17.9. The van der Waals surface area contributed by atoms with Crippen molar-refractivity contribution < 1.29 is 23.6 Å². The van der Waals surface area contributed by atoms with Gasteiger partial charge in [-0.1, -0.05) is 77.4 Å². The van der Waals surface area contributed by atoms with Crippen molar-refractivity contribution in [2.45, 2.75) is 33.3 Å². The van der Waals surface area contributed by atoms with Crippen LogP contribution in [0.5, 0.6) is 0 Å². The molecule has 0 aliphatic carbocycles. The molecule has 1 amide bonds. The van der Waals surface area contributed by atoms with Gasteiger partial charge in [0.15, 0.2) is 5.76 Å². The van der Waals surface area contributed by atoms with E-state index in [1.54, 1.807) is 26.8 Å². The van der Waals surface area contributed by atoms with Crippen LogP contribution in [0.25, 0.3) is 22.5 Å². The fraction of sp³-hybridized carbons (Fsp3) is 0.207. The quantitative estimate of drug-likeness (QED) is 0.245. The molecule has 1 aromatic heterocycles. The highest BCUT2D eigenvalue weighted by atomic mass is 35.5. The first-order valence-corrected chi connectivity index (χ1v) is 12.3. The number of aryl methyl sites for hydroxylation is 1. The van der Waals surface area contributed by atoms with Crippen molar-refractivity contribution in [1.29, 1.82) is 0 Å². The van der Waals surface area contributed by atoms with Crippen LogP contribution >= 0.6 is 11.6 Å². The molecular formula is C29H27ClN2O5. The van der Waals surface area contributed by atoms with Gasteiger partial charge in [-0.2, -0.15) is 0 Å². The Morgan fingerprint density at radius 1 is 1.03 bits per heavy atom. The average molecular weight is 519 g/mol. The Labute approximate surface area is 220 Å². The molecule has 4 rings (SSSR count). The van der Waals surface area contributed by atoms with E-state index in [1.807, 2.05) is 66.7 Å². The van der Waals surface area contributed by atoms with E-state index >= 15 is 0 Å². The summed E-state index contributed by atoms with van der Waals surface area (Å²) in [4.78, 5) is 24.9. The summed E-state index contributed by atoms with van der Waals surface area (Å²) >= 11 is 6.23. The second-order valence-electron chi connectivity index (χ2n) is 8.39. The molecule has 0 saturated heterocycles. The van der Waals surface area contributed by atoms with Crippen LogP contribution in [0.2, 0.25) is 5.02 Å². The van der Waals surface area contributed by atoms with Crippen molar-refractivity contribution in [3.05, 3.63) is 94.6 Å². The molecule has 0 saturated carbocycles. The maximum Gasteiger partial charge on any atom is 0.412 e. The maximum atomic E-state index is 12.7. The van der Waals surface area contributed by atoms with Gasteiger partial charge in [-0.25, -0.2) is 4.79 Å². The summed E-state index contributed by atoms with van der Waals surface area (Å²) in [6, 6.07) is 22.5. The second kappa shape index (κ2) is 11.8. The zero-order chi connectivity index (χ0) is 26.4. The third-order valence-electron chi connectivity index (χ3n) is 5.81. The van der Waals surface area contributed by atoms with Crippen LogP contribution in [0.3, 0.4) is 0 Å². The van der Waals surface area contributed by atoms with Gasteiger partial charge in [0, 0.05) is 16.1 Å². The molecule has 0 radical (unpaired) electrons. The van der Waals surface area contributed by atoms with Gasteiger partial charge < -0.3 is 14.0 Å². The molecule has 7 nitrogen and oxygen atoms in total. The number of nitrogens with zero attached hydrogens (tertiary/aromatic N) is 1. The second-order valence-corrected chi connectivity index (χ2v) is 8.79. The van der Waals surface area contributed by atoms with E-state index in [0.717, 1.165) is 16.7 Å². The molecule has 0 bridgehead atoms. The lowest BCUT2D eigenvalue weighted by Crippen LogP contribution is -2.17. The minimum atomic E-state index is -0.657. The van der Waals surface area contributed by atoms with E-state index < -0.39 is 12.2 Å². The normalized spacial score (nSPS) is 11.6. The number of aromatic nitrogens is 1. The van der Waals surface area contributed by atoms with Crippen molar-refractivity contribution in [2.24, 2.45) is 0 Å². The number of carbonyl (C=O) groups excluding carboxylic acids is 2. The van der Waals surface area contributed by atoms with E-state index in [9.17, 15) is 9.59 Å². The van der Waals surface area contributed by atoms with Crippen LogP contribution in [0.4, 0.5) is 10.5 Å². The highest BCUT2D eigenvalue weighted by Gasteiger charge is 2.21. The number of hydrogen-bond donors (Lipinski definition) is 1. The van der Waals surface area contributed by atoms with Crippen molar-refractivity contribution >= 4 is 29.4 Å². The van der Waals surface area contributed by atoms with E-state index in [0.29, 0.717) is 39.9 Å². The highest BCUT2D eigenvalue weighted by molar-refractivity contribution is 6.31. The molecule has 0 aliphatic heterocycles. The number of hydrogen-bond acceptors (Lipinski definition) is 6. The van der Waals surface area contributed by atoms with Gasteiger partial charge in [0.05, 0.1) is 13.0 Å². The van der Waals surface area contributed by atoms with Crippen LogP contribution in [0, 0.1) is 6.92 Å².